The number of aliphatic hydroxyl groups excluding tert-OH is 1. The van der Waals surface area contributed by atoms with Crippen molar-refractivity contribution in [3.63, 3.8) is 0 Å². The van der Waals surface area contributed by atoms with Gasteiger partial charge >= 0.3 is 0 Å². The van der Waals surface area contributed by atoms with E-state index in [2.05, 4.69) is 19.2 Å². The molecule has 0 amide bonds. The Morgan fingerprint density at radius 1 is 1.41 bits per heavy atom. The van der Waals surface area contributed by atoms with Crippen LogP contribution in [0, 0.1) is 0 Å². The number of rotatable bonds is 6. The maximum Gasteiger partial charge on any atom is 0.123 e. The first-order valence-electron chi connectivity index (χ1n) is 6.09. The van der Waals surface area contributed by atoms with Gasteiger partial charge in [0, 0.05) is 11.6 Å². The summed E-state index contributed by atoms with van der Waals surface area (Å²) >= 11 is 0. The van der Waals surface area contributed by atoms with Crippen LogP contribution in [0.3, 0.4) is 0 Å². The number of aliphatic hydroxyl groups is 1. The standard InChI is InChI=1S/C14H23NO2/c1-5-11(2)15-14(3,10-16)12-8-6-7-9-13(12)17-4/h6-9,11,15-16H,5,10H2,1-4H3. The highest BCUT2D eigenvalue weighted by atomic mass is 16.5. The molecule has 0 radical (unpaired) electrons. The molecule has 3 nitrogen and oxygen atoms in total. The van der Waals surface area contributed by atoms with E-state index in [1.54, 1.807) is 7.11 Å². The van der Waals surface area contributed by atoms with E-state index in [1.165, 1.54) is 0 Å². The van der Waals surface area contributed by atoms with Gasteiger partial charge in [0.15, 0.2) is 0 Å². The normalized spacial score (nSPS) is 16.3. The summed E-state index contributed by atoms with van der Waals surface area (Å²) in [6, 6.07) is 8.15. The maximum atomic E-state index is 9.69. The first-order chi connectivity index (χ1) is 8.07. The highest BCUT2D eigenvalue weighted by Crippen LogP contribution is 2.29. The Kier molecular flexibility index (Phi) is 4.97. The lowest BCUT2D eigenvalue weighted by molar-refractivity contribution is 0.159. The Labute approximate surface area is 104 Å². The average molecular weight is 237 g/mol. The molecule has 0 bridgehead atoms. The van der Waals surface area contributed by atoms with Crippen molar-refractivity contribution in [2.75, 3.05) is 13.7 Å². The molecule has 1 aromatic rings. The minimum absolute atomic E-state index is 0.0394. The number of hydrogen-bond acceptors (Lipinski definition) is 3. The summed E-state index contributed by atoms with van der Waals surface area (Å²) in [5.74, 6) is 0.805. The Hall–Kier alpha value is -1.06. The number of methoxy groups -OCH3 is 1. The quantitative estimate of drug-likeness (QED) is 0.797. The predicted molar refractivity (Wildman–Crippen MR) is 70.3 cm³/mol. The van der Waals surface area contributed by atoms with Gasteiger partial charge in [-0.25, -0.2) is 0 Å². The van der Waals surface area contributed by atoms with E-state index >= 15 is 0 Å². The van der Waals surface area contributed by atoms with Crippen molar-refractivity contribution >= 4 is 0 Å². The average Bonchev–Trinajstić information content (AvgIpc) is 2.38. The third-order valence-electron chi connectivity index (χ3n) is 3.19. The first kappa shape index (κ1) is 14.0. The van der Waals surface area contributed by atoms with E-state index in [1.807, 2.05) is 31.2 Å². The molecule has 96 valence electrons. The molecule has 0 saturated carbocycles. The lowest BCUT2D eigenvalue weighted by Gasteiger charge is -2.33. The lowest BCUT2D eigenvalue weighted by atomic mass is 9.91. The van der Waals surface area contributed by atoms with Gasteiger partial charge in [0.1, 0.15) is 5.75 Å². The van der Waals surface area contributed by atoms with Crippen LogP contribution in [0.2, 0.25) is 0 Å². The third-order valence-corrected chi connectivity index (χ3v) is 3.19. The molecule has 0 spiro atoms. The van der Waals surface area contributed by atoms with Gasteiger partial charge in [0.05, 0.1) is 19.3 Å². The van der Waals surface area contributed by atoms with Crippen LogP contribution in [0.25, 0.3) is 0 Å². The second kappa shape index (κ2) is 6.03. The second-order valence-corrected chi connectivity index (χ2v) is 4.64. The minimum atomic E-state index is -0.470. The molecule has 0 aliphatic heterocycles. The zero-order valence-corrected chi connectivity index (χ0v) is 11.2. The van der Waals surface area contributed by atoms with E-state index in [0.29, 0.717) is 6.04 Å². The van der Waals surface area contributed by atoms with Crippen LogP contribution >= 0.6 is 0 Å². The molecule has 0 heterocycles. The van der Waals surface area contributed by atoms with Crippen LogP contribution in [0.4, 0.5) is 0 Å². The van der Waals surface area contributed by atoms with Crippen LogP contribution in [0.5, 0.6) is 5.75 Å². The largest absolute Gasteiger partial charge is 0.496 e. The SMILES string of the molecule is CCC(C)NC(C)(CO)c1ccccc1OC. The lowest BCUT2D eigenvalue weighted by Crippen LogP contribution is -2.47. The van der Waals surface area contributed by atoms with Crippen molar-refractivity contribution in [2.24, 2.45) is 0 Å². The second-order valence-electron chi connectivity index (χ2n) is 4.64. The predicted octanol–water partition coefficient (Wildman–Crippen LogP) is 2.29. The fourth-order valence-electron chi connectivity index (χ4n) is 1.95. The molecule has 2 atom stereocenters. The molecule has 0 fully saturated rings. The summed E-state index contributed by atoms with van der Waals surface area (Å²) < 4.78 is 5.36. The Morgan fingerprint density at radius 2 is 2.06 bits per heavy atom. The summed E-state index contributed by atoms with van der Waals surface area (Å²) in [6.45, 7) is 6.27. The van der Waals surface area contributed by atoms with Crippen LogP contribution in [0.15, 0.2) is 24.3 Å². The maximum absolute atomic E-state index is 9.69. The van der Waals surface area contributed by atoms with Crippen LogP contribution in [0.1, 0.15) is 32.8 Å². The van der Waals surface area contributed by atoms with Gasteiger partial charge in [-0.05, 0) is 26.3 Å². The summed E-state index contributed by atoms with van der Waals surface area (Å²) in [5.41, 5.74) is 0.521. The molecule has 17 heavy (non-hydrogen) atoms. The molecular formula is C14H23NO2. The Bertz CT molecular complexity index is 354. The number of para-hydroxylation sites is 1. The number of ether oxygens (including phenoxy) is 1. The topological polar surface area (TPSA) is 41.5 Å². The summed E-state index contributed by atoms with van der Waals surface area (Å²) in [7, 11) is 1.65. The minimum Gasteiger partial charge on any atom is -0.496 e. The molecule has 3 heteroatoms. The molecule has 2 unspecified atom stereocenters. The van der Waals surface area contributed by atoms with Gasteiger partial charge in [-0.2, -0.15) is 0 Å². The number of hydrogen-bond donors (Lipinski definition) is 2. The molecule has 0 aromatic heterocycles. The monoisotopic (exact) mass is 237 g/mol. The van der Waals surface area contributed by atoms with Crippen molar-refractivity contribution in [1.82, 2.24) is 5.32 Å². The molecule has 0 saturated heterocycles. The highest BCUT2D eigenvalue weighted by molar-refractivity contribution is 5.39. The first-order valence-corrected chi connectivity index (χ1v) is 6.09. The van der Waals surface area contributed by atoms with Crippen LogP contribution in [-0.2, 0) is 5.54 Å². The van der Waals surface area contributed by atoms with Gasteiger partial charge in [-0.3, -0.25) is 0 Å². The zero-order valence-electron chi connectivity index (χ0n) is 11.2. The van der Waals surface area contributed by atoms with E-state index in [-0.39, 0.29) is 6.61 Å². The van der Waals surface area contributed by atoms with Gasteiger partial charge in [0.25, 0.3) is 0 Å². The van der Waals surface area contributed by atoms with Crippen molar-refractivity contribution in [2.45, 2.75) is 38.8 Å². The number of benzene rings is 1. The van der Waals surface area contributed by atoms with Crippen molar-refractivity contribution in [3.8, 4) is 5.75 Å². The van der Waals surface area contributed by atoms with E-state index in [4.69, 9.17) is 4.74 Å². The van der Waals surface area contributed by atoms with Crippen molar-refractivity contribution < 1.29 is 9.84 Å². The van der Waals surface area contributed by atoms with Gasteiger partial charge < -0.3 is 15.2 Å². The molecule has 1 aromatic carbocycles. The number of nitrogens with one attached hydrogen (secondary N) is 1. The summed E-state index contributed by atoms with van der Waals surface area (Å²) in [6.07, 6.45) is 1.02. The van der Waals surface area contributed by atoms with Gasteiger partial charge in [-0.1, -0.05) is 25.1 Å². The molecule has 1 rings (SSSR count). The van der Waals surface area contributed by atoms with Crippen molar-refractivity contribution in [3.05, 3.63) is 29.8 Å². The summed E-state index contributed by atoms with van der Waals surface area (Å²) in [4.78, 5) is 0. The Morgan fingerprint density at radius 3 is 2.59 bits per heavy atom. The smallest absolute Gasteiger partial charge is 0.123 e. The fourth-order valence-corrected chi connectivity index (χ4v) is 1.95. The Balaban J connectivity index is 3.06. The summed E-state index contributed by atoms with van der Waals surface area (Å²) in [5, 5.41) is 13.1. The van der Waals surface area contributed by atoms with E-state index in [9.17, 15) is 5.11 Å². The van der Waals surface area contributed by atoms with Gasteiger partial charge in [-0.15, -0.1) is 0 Å². The molecule has 0 aliphatic rings. The molecule has 0 aliphatic carbocycles. The van der Waals surface area contributed by atoms with Gasteiger partial charge in [0.2, 0.25) is 0 Å². The van der Waals surface area contributed by atoms with Crippen LogP contribution in [-0.4, -0.2) is 24.9 Å². The zero-order chi connectivity index (χ0) is 12.9. The fraction of sp³-hybridized carbons (Fsp3) is 0.571. The molecule has 2 N–H and O–H groups in total. The van der Waals surface area contributed by atoms with Crippen LogP contribution < -0.4 is 10.1 Å². The third kappa shape index (κ3) is 3.20. The van der Waals surface area contributed by atoms with E-state index < -0.39 is 5.54 Å². The van der Waals surface area contributed by atoms with E-state index in [0.717, 1.165) is 17.7 Å². The van der Waals surface area contributed by atoms with Crippen molar-refractivity contribution in [1.29, 1.82) is 0 Å². The molecular weight excluding hydrogens is 214 g/mol. The highest BCUT2D eigenvalue weighted by Gasteiger charge is 2.29.